The van der Waals surface area contributed by atoms with Crippen LogP contribution in [0.2, 0.25) is 0 Å². The minimum atomic E-state index is -3.25. The van der Waals surface area contributed by atoms with Crippen LogP contribution < -0.4 is 0 Å². The summed E-state index contributed by atoms with van der Waals surface area (Å²) in [6.07, 6.45) is 6.95. The lowest BCUT2D eigenvalue weighted by atomic mass is 9.90. The summed E-state index contributed by atoms with van der Waals surface area (Å²) in [6.45, 7) is 2.40. The van der Waals surface area contributed by atoms with Gasteiger partial charge in [-0.1, -0.05) is 48.5 Å². The molecule has 2 aromatic carbocycles. The maximum atomic E-state index is 13.8. The molecule has 3 aliphatic heterocycles. The van der Waals surface area contributed by atoms with Gasteiger partial charge in [0.15, 0.2) is 0 Å². The zero-order valence-electron chi connectivity index (χ0n) is 22.3. The fourth-order valence-electron chi connectivity index (χ4n) is 5.83. The summed E-state index contributed by atoms with van der Waals surface area (Å²) in [6, 6.07) is 16.6. The predicted octanol–water partition coefficient (Wildman–Crippen LogP) is 3.17. The average molecular weight is 548 g/mol. The Bertz CT molecular complexity index is 1510. The Balaban J connectivity index is 1.25. The summed E-state index contributed by atoms with van der Waals surface area (Å²) in [4.78, 5) is 20.6. The number of benzene rings is 2. The zero-order valence-corrected chi connectivity index (χ0v) is 23.1. The van der Waals surface area contributed by atoms with Crippen LogP contribution in [0.25, 0.3) is 22.3 Å². The van der Waals surface area contributed by atoms with Crippen LogP contribution in [-0.4, -0.2) is 83.8 Å². The van der Waals surface area contributed by atoms with Crippen molar-refractivity contribution in [1.82, 2.24) is 19.0 Å². The Kier molecular flexibility index (Phi) is 6.65. The molecule has 6 rings (SSSR count). The van der Waals surface area contributed by atoms with Gasteiger partial charge in [0, 0.05) is 70.1 Å². The lowest BCUT2D eigenvalue weighted by Crippen LogP contribution is -2.47. The van der Waals surface area contributed by atoms with Crippen LogP contribution in [0, 0.1) is 5.92 Å². The molecule has 9 nitrogen and oxygen atoms in total. The molecule has 0 bridgehead atoms. The van der Waals surface area contributed by atoms with Crippen molar-refractivity contribution in [1.29, 1.82) is 0 Å². The molecule has 0 aliphatic carbocycles. The van der Waals surface area contributed by atoms with Crippen LogP contribution in [0.4, 0.5) is 0 Å². The normalized spacial score (nSPS) is 21.6. The van der Waals surface area contributed by atoms with Crippen LogP contribution in [0.5, 0.6) is 0 Å². The Morgan fingerprint density at radius 1 is 0.949 bits per heavy atom. The number of aromatic nitrogens is 2. The molecule has 1 unspecified atom stereocenters. The van der Waals surface area contributed by atoms with Gasteiger partial charge in [-0.2, -0.15) is 5.10 Å². The van der Waals surface area contributed by atoms with E-state index in [9.17, 15) is 13.2 Å². The van der Waals surface area contributed by atoms with Gasteiger partial charge in [0.05, 0.1) is 12.5 Å². The van der Waals surface area contributed by atoms with Crippen molar-refractivity contribution in [2.45, 2.75) is 24.8 Å². The molecule has 0 radical (unpaired) electrons. The SMILES string of the molecule is Cn1cc(-c2ccc(-c3ccc(C4=NC5(CCOCC5)C(=O)N4CC4CCN(S(C)(=O)=O)C4)cc3)cc2)cn1. The predicted molar refractivity (Wildman–Crippen MR) is 150 cm³/mol. The fraction of sp³-hybridized carbons (Fsp3) is 0.414. The summed E-state index contributed by atoms with van der Waals surface area (Å²) in [5.41, 5.74) is 4.47. The first kappa shape index (κ1) is 25.9. The van der Waals surface area contributed by atoms with E-state index in [4.69, 9.17) is 9.73 Å². The molecule has 1 amide bonds. The molecule has 0 saturated carbocycles. The van der Waals surface area contributed by atoms with Crippen LogP contribution >= 0.6 is 0 Å². The number of rotatable bonds is 6. The third-order valence-corrected chi connectivity index (χ3v) is 9.37. The van der Waals surface area contributed by atoms with Crippen LogP contribution in [0.1, 0.15) is 24.8 Å². The highest BCUT2D eigenvalue weighted by atomic mass is 32.2. The molecule has 3 aromatic rings. The smallest absolute Gasteiger partial charge is 0.256 e. The number of ether oxygens (including phenoxy) is 1. The maximum absolute atomic E-state index is 13.8. The molecule has 3 aliphatic rings. The van der Waals surface area contributed by atoms with E-state index in [1.807, 2.05) is 31.6 Å². The van der Waals surface area contributed by atoms with Gasteiger partial charge in [-0.25, -0.2) is 12.7 Å². The molecule has 204 valence electrons. The van der Waals surface area contributed by atoms with E-state index >= 15 is 0 Å². The van der Waals surface area contributed by atoms with Crippen LogP contribution in [-0.2, 0) is 26.6 Å². The van der Waals surface area contributed by atoms with Crippen molar-refractivity contribution in [3.8, 4) is 22.3 Å². The first-order chi connectivity index (χ1) is 18.7. The minimum absolute atomic E-state index is 0.00803. The second-order valence-corrected chi connectivity index (χ2v) is 12.8. The number of carbonyl (C=O) groups is 1. The largest absolute Gasteiger partial charge is 0.381 e. The highest BCUT2D eigenvalue weighted by molar-refractivity contribution is 7.88. The molecule has 2 fully saturated rings. The second-order valence-electron chi connectivity index (χ2n) is 10.8. The Hall–Kier alpha value is -3.34. The lowest BCUT2D eigenvalue weighted by Gasteiger charge is -2.30. The summed E-state index contributed by atoms with van der Waals surface area (Å²) in [5.74, 6) is 0.758. The van der Waals surface area contributed by atoms with E-state index in [2.05, 4.69) is 41.5 Å². The van der Waals surface area contributed by atoms with Gasteiger partial charge >= 0.3 is 0 Å². The Morgan fingerprint density at radius 3 is 2.08 bits per heavy atom. The quantitative estimate of drug-likeness (QED) is 0.472. The maximum Gasteiger partial charge on any atom is 0.256 e. The van der Waals surface area contributed by atoms with Crippen molar-refractivity contribution in [3.63, 3.8) is 0 Å². The number of amidine groups is 1. The fourth-order valence-corrected chi connectivity index (χ4v) is 6.74. The van der Waals surface area contributed by atoms with Gasteiger partial charge in [0.2, 0.25) is 10.0 Å². The van der Waals surface area contributed by atoms with Gasteiger partial charge in [-0.05, 0) is 29.0 Å². The highest BCUT2D eigenvalue weighted by Gasteiger charge is 2.50. The molecule has 2 saturated heterocycles. The summed E-state index contributed by atoms with van der Waals surface area (Å²) >= 11 is 0. The van der Waals surface area contributed by atoms with E-state index in [0.29, 0.717) is 51.5 Å². The van der Waals surface area contributed by atoms with Crippen molar-refractivity contribution in [2.75, 3.05) is 39.1 Å². The summed E-state index contributed by atoms with van der Waals surface area (Å²) in [7, 11) is -1.34. The molecule has 4 heterocycles. The third-order valence-electron chi connectivity index (χ3n) is 8.10. The number of carbonyl (C=O) groups excluding carboxylic acids is 1. The van der Waals surface area contributed by atoms with Gasteiger partial charge in [0.1, 0.15) is 11.4 Å². The van der Waals surface area contributed by atoms with Gasteiger partial charge in [-0.15, -0.1) is 0 Å². The van der Waals surface area contributed by atoms with Crippen LogP contribution in [0.15, 0.2) is 65.9 Å². The Morgan fingerprint density at radius 2 is 1.54 bits per heavy atom. The van der Waals surface area contributed by atoms with Crippen molar-refractivity contribution in [3.05, 3.63) is 66.5 Å². The van der Waals surface area contributed by atoms with Crippen molar-refractivity contribution in [2.24, 2.45) is 18.0 Å². The van der Waals surface area contributed by atoms with Gasteiger partial charge < -0.3 is 4.74 Å². The highest BCUT2D eigenvalue weighted by Crippen LogP contribution is 2.36. The molecule has 39 heavy (non-hydrogen) atoms. The Labute approximate surface area is 229 Å². The standard InChI is InChI=1S/C29H33N5O4S/c1-32-20-26(17-30-32)24-5-3-22(4-6-24)23-7-9-25(10-8-23)27-31-29(12-15-38-16-13-29)28(35)34(27)19-21-11-14-33(18-21)39(2,36)37/h3-10,17,20-21H,11-16,18-19H2,1-2H3. The molecule has 1 spiro atoms. The molecule has 10 heteroatoms. The van der Waals surface area contributed by atoms with Crippen molar-refractivity contribution < 1.29 is 17.9 Å². The first-order valence-corrected chi connectivity index (χ1v) is 15.2. The van der Waals surface area contributed by atoms with E-state index < -0.39 is 15.6 Å². The van der Waals surface area contributed by atoms with E-state index in [1.165, 1.54) is 10.6 Å². The summed E-state index contributed by atoms with van der Waals surface area (Å²) < 4.78 is 33.0. The third kappa shape index (κ3) is 5.04. The molecule has 0 N–H and O–H groups in total. The van der Waals surface area contributed by atoms with E-state index in [0.717, 1.165) is 34.2 Å². The average Bonchev–Trinajstić information content (AvgIpc) is 3.65. The van der Waals surface area contributed by atoms with Gasteiger partial charge in [-0.3, -0.25) is 19.4 Å². The van der Waals surface area contributed by atoms with E-state index in [1.54, 1.807) is 9.58 Å². The minimum Gasteiger partial charge on any atom is -0.381 e. The zero-order chi connectivity index (χ0) is 27.2. The number of hydrogen-bond acceptors (Lipinski definition) is 6. The summed E-state index contributed by atoms with van der Waals surface area (Å²) in [5, 5.41) is 4.25. The number of sulfonamides is 1. The van der Waals surface area contributed by atoms with E-state index in [-0.39, 0.29) is 11.8 Å². The monoisotopic (exact) mass is 547 g/mol. The number of aryl methyl sites for hydroxylation is 1. The molecule has 1 atom stereocenters. The number of aliphatic imine (C=N–C) groups is 1. The number of hydrogen-bond donors (Lipinski definition) is 0. The van der Waals surface area contributed by atoms with Gasteiger partial charge in [0.25, 0.3) is 5.91 Å². The number of nitrogens with zero attached hydrogens (tertiary/aromatic N) is 5. The first-order valence-electron chi connectivity index (χ1n) is 13.4. The molecular weight excluding hydrogens is 514 g/mol. The van der Waals surface area contributed by atoms with Crippen molar-refractivity contribution >= 4 is 21.8 Å². The molecule has 1 aromatic heterocycles. The lowest BCUT2D eigenvalue weighted by molar-refractivity contribution is -0.134. The topological polar surface area (TPSA) is 97.1 Å². The number of amides is 1. The second kappa shape index (κ2) is 10.0. The molecular formula is C29H33N5O4S. The van der Waals surface area contributed by atoms with Crippen LogP contribution in [0.3, 0.4) is 0 Å².